The highest BCUT2D eigenvalue weighted by Crippen LogP contribution is 2.42. The Balaban J connectivity index is 1.30. The fourth-order valence-corrected chi connectivity index (χ4v) is 6.93. The van der Waals surface area contributed by atoms with Gasteiger partial charge in [-0.15, -0.1) is 0 Å². The first-order chi connectivity index (χ1) is 17.4. The number of likely N-dealkylation sites (tertiary alicyclic amines) is 1. The van der Waals surface area contributed by atoms with Crippen molar-refractivity contribution < 1.29 is 9.50 Å². The van der Waals surface area contributed by atoms with Crippen LogP contribution in [-0.4, -0.2) is 76.1 Å². The molecule has 36 heavy (non-hydrogen) atoms. The van der Waals surface area contributed by atoms with E-state index in [0.29, 0.717) is 48.1 Å². The largest absolute Gasteiger partial charge is 0.393 e. The Bertz CT molecular complexity index is 1380. The zero-order chi connectivity index (χ0) is 24.6. The van der Waals surface area contributed by atoms with Gasteiger partial charge in [-0.2, -0.15) is 4.98 Å². The number of rotatable bonds is 4. The molecule has 7 rings (SSSR count). The summed E-state index contributed by atoms with van der Waals surface area (Å²) in [4.78, 5) is 28.1. The molecule has 1 spiro atoms. The van der Waals surface area contributed by atoms with Crippen molar-refractivity contribution in [2.45, 2.75) is 62.9 Å². The van der Waals surface area contributed by atoms with Crippen molar-refractivity contribution in [2.75, 3.05) is 43.4 Å². The summed E-state index contributed by atoms with van der Waals surface area (Å²) in [6.07, 6.45) is 4.48. The minimum atomic E-state index is -0.764. The van der Waals surface area contributed by atoms with Crippen molar-refractivity contribution in [1.29, 1.82) is 0 Å². The van der Waals surface area contributed by atoms with Crippen LogP contribution in [0.5, 0.6) is 0 Å². The standard InChI is InChI=1S/C27H33FN6O2/c1-32-12-27(13-32)14-33(15-27)19-4-7-21-22(10-19)25(36)34(18-2-5-20(35)6-3-18)24-23(21)11-29-26(31-24)30-17-8-16(28)9-17/h4,7,10-11,16-18,20,35H,2-3,5-6,8-9,12-15H2,1H3,(H,29,30,31)/t16?,17?,18-,20-. The molecule has 2 saturated carbocycles. The number of aliphatic hydroxyl groups excluding tert-OH is 1. The van der Waals surface area contributed by atoms with Gasteiger partial charge >= 0.3 is 0 Å². The maximum Gasteiger partial charge on any atom is 0.260 e. The maximum atomic E-state index is 14.0. The lowest BCUT2D eigenvalue weighted by Gasteiger charge is -2.60. The zero-order valence-corrected chi connectivity index (χ0v) is 20.7. The highest BCUT2D eigenvalue weighted by molar-refractivity contribution is 6.05. The third kappa shape index (κ3) is 3.58. The molecule has 2 aliphatic heterocycles. The molecule has 0 radical (unpaired) electrons. The summed E-state index contributed by atoms with van der Waals surface area (Å²) in [5.41, 5.74) is 2.10. The summed E-state index contributed by atoms with van der Waals surface area (Å²) in [6.45, 7) is 4.35. The number of nitrogens with one attached hydrogen (secondary N) is 1. The van der Waals surface area contributed by atoms with Crippen molar-refractivity contribution in [3.63, 3.8) is 0 Å². The summed E-state index contributed by atoms with van der Waals surface area (Å²) in [6, 6.07) is 6.20. The molecule has 2 N–H and O–H groups in total. The summed E-state index contributed by atoms with van der Waals surface area (Å²) in [5, 5.41) is 15.7. The van der Waals surface area contributed by atoms with Crippen molar-refractivity contribution in [1.82, 2.24) is 19.4 Å². The molecule has 4 heterocycles. The first kappa shape index (κ1) is 22.4. The fourth-order valence-electron chi connectivity index (χ4n) is 6.93. The number of pyridine rings is 1. The fraction of sp³-hybridized carbons (Fsp3) is 0.593. The molecule has 8 nitrogen and oxygen atoms in total. The molecule has 0 unspecified atom stereocenters. The average Bonchev–Trinajstić information content (AvgIpc) is 2.80. The van der Waals surface area contributed by atoms with Gasteiger partial charge in [0, 0.05) is 60.9 Å². The second kappa shape index (κ2) is 8.11. The molecule has 2 aliphatic carbocycles. The van der Waals surface area contributed by atoms with Gasteiger partial charge in [0.25, 0.3) is 5.56 Å². The Morgan fingerprint density at radius 2 is 1.81 bits per heavy atom. The van der Waals surface area contributed by atoms with Gasteiger partial charge in [0.05, 0.1) is 11.5 Å². The Morgan fingerprint density at radius 3 is 2.50 bits per heavy atom. The Kier molecular flexibility index (Phi) is 5.05. The topological polar surface area (TPSA) is 86.5 Å². The second-order valence-electron chi connectivity index (χ2n) is 11.7. The lowest BCUT2D eigenvalue weighted by molar-refractivity contribution is -0.00237. The van der Waals surface area contributed by atoms with E-state index in [1.54, 1.807) is 6.20 Å². The molecule has 190 valence electrons. The van der Waals surface area contributed by atoms with Crippen LogP contribution in [0.25, 0.3) is 21.8 Å². The van der Waals surface area contributed by atoms with Crippen LogP contribution in [0.2, 0.25) is 0 Å². The second-order valence-corrected chi connectivity index (χ2v) is 11.7. The lowest BCUT2D eigenvalue weighted by atomic mass is 9.73. The molecular weight excluding hydrogens is 459 g/mol. The summed E-state index contributed by atoms with van der Waals surface area (Å²) in [7, 11) is 2.16. The van der Waals surface area contributed by atoms with E-state index in [1.807, 2.05) is 16.7 Å². The molecule has 4 aliphatic rings. The number of aromatic nitrogens is 3. The predicted octanol–water partition coefficient (Wildman–Crippen LogP) is 3.08. The van der Waals surface area contributed by atoms with E-state index in [4.69, 9.17) is 4.98 Å². The number of fused-ring (bicyclic) bond motifs is 3. The Morgan fingerprint density at radius 1 is 1.06 bits per heavy atom. The number of aliphatic hydroxyl groups is 1. The smallest absolute Gasteiger partial charge is 0.260 e. The van der Waals surface area contributed by atoms with Crippen LogP contribution in [0.15, 0.2) is 29.2 Å². The number of anilines is 2. The van der Waals surface area contributed by atoms with Crippen LogP contribution in [0.4, 0.5) is 16.0 Å². The molecule has 0 bridgehead atoms. The number of halogens is 1. The van der Waals surface area contributed by atoms with Crippen LogP contribution < -0.4 is 15.8 Å². The predicted molar refractivity (Wildman–Crippen MR) is 138 cm³/mol. The molecule has 3 aromatic rings. The van der Waals surface area contributed by atoms with Crippen LogP contribution in [0.1, 0.15) is 44.6 Å². The normalized spacial score (nSPS) is 29.7. The molecule has 0 atom stereocenters. The molecule has 1 aromatic carbocycles. The quantitative estimate of drug-likeness (QED) is 0.542. The van der Waals surface area contributed by atoms with Gasteiger partial charge in [-0.3, -0.25) is 9.36 Å². The van der Waals surface area contributed by atoms with Crippen molar-refractivity contribution in [3.8, 4) is 0 Å². The zero-order valence-electron chi connectivity index (χ0n) is 20.7. The van der Waals surface area contributed by atoms with E-state index < -0.39 is 6.17 Å². The highest BCUT2D eigenvalue weighted by atomic mass is 19.1. The third-order valence-corrected chi connectivity index (χ3v) is 8.81. The van der Waals surface area contributed by atoms with Crippen LogP contribution in [0, 0.1) is 5.41 Å². The molecule has 9 heteroatoms. The monoisotopic (exact) mass is 492 g/mol. The van der Waals surface area contributed by atoms with E-state index in [0.717, 1.165) is 55.5 Å². The molecule has 2 saturated heterocycles. The van der Waals surface area contributed by atoms with Gasteiger partial charge < -0.3 is 20.2 Å². The van der Waals surface area contributed by atoms with Gasteiger partial charge in [-0.1, -0.05) is 6.07 Å². The van der Waals surface area contributed by atoms with Gasteiger partial charge in [0.2, 0.25) is 5.95 Å². The van der Waals surface area contributed by atoms with Gasteiger partial charge in [0.15, 0.2) is 0 Å². The van der Waals surface area contributed by atoms with E-state index in [2.05, 4.69) is 33.2 Å². The average molecular weight is 493 g/mol. The van der Waals surface area contributed by atoms with Gasteiger partial charge in [-0.05, 0) is 63.1 Å². The van der Waals surface area contributed by atoms with Crippen LogP contribution in [0.3, 0.4) is 0 Å². The minimum Gasteiger partial charge on any atom is -0.393 e. The van der Waals surface area contributed by atoms with E-state index in [1.165, 1.54) is 0 Å². The Hall–Kier alpha value is -2.78. The molecular formula is C27H33FN6O2. The van der Waals surface area contributed by atoms with Crippen molar-refractivity contribution in [3.05, 3.63) is 34.7 Å². The molecule has 4 fully saturated rings. The SMILES string of the molecule is CN1CC2(C1)CN(c1ccc3c(c1)c(=O)n([C@H]1CC[C@H](O)CC1)c1nc(NC4CC(F)C4)ncc31)C2. The number of benzene rings is 1. The van der Waals surface area contributed by atoms with Crippen molar-refractivity contribution >= 4 is 33.4 Å². The van der Waals surface area contributed by atoms with Gasteiger partial charge in [0.1, 0.15) is 11.8 Å². The summed E-state index contributed by atoms with van der Waals surface area (Å²) < 4.78 is 15.2. The number of hydrogen-bond acceptors (Lipinski definition) is 7. The number of nitrogens with zero attached hydrogens (tertiary/aromatic N) is 5. The molecule has 0 amide bonds. The van der Waals surface area contributed by atoms with E-state index in [-0.39, 0.29) is 23.7 Å². The lowest BCUT2D eigenvalue weighted by Crippen LogP contribution is -2.71. The van der Waals surface area contributed by atoms with E-state index >= 15 is 0 Å². The number of alkyl halides is 1. The third-order valence-electron chi connectivity index (χ3n) is 8.81. The highest BCUT2D eigenvalue weighted by Gasteiger charge is 2.50. The summed E-state index contributed by atoms with van der Waals surface area (Å²) >= 11 is 0. The maximum absolute atomic E-state index is 14.0. The summed E-state index contributed by atoms with van der Waals surface area (Å²) in [5.74, 6) is 0.440. The minimum absolute atomic E-state index is 0.0177. The Labute approximate surface area is 209 Å². The van der Waals surface area contributed by atoms with Crippen LogP contribution in [-0.2, 0) is 0 Å². The first-order valence-corrected chi connectivity index (χ1v) is 13.2. The van der Waals surface area contributed by atoms with Crippen molar-refractivity contribution in [2.24, 2.45) is 5.41 Å². The van der Waals surface area contributed by atoms with Gasteiger partial charge in [-0.25, -0.2) is 9.37 Å². The number of hydrogen-bond donors (Lipinski definition) is 2. The van der Waals surface area contributed by atoms with E-state index in [9.17, 15) is 14.3 Å². The first-order valence-electron chi connectivity index (χ1n) is 13.2. The van der Waals surface area contributed by atoms with Crippen LogP contribution >= 0.6 is 0 Å². The molecule has 2 aromatic heterocycles.